The first kappa shape index (κ1) is 11.3. The van der Waals surface area contributed by atoms with E-state index in [1.807, 2.05) is 0 Å². The molecule has 1 aromatic carbocycles. The number of nitro benzene ring substituents is 1. The summed E-state index contributed by atoms with van der Waals surface area (Å²) in [5.41, 5.74) is 1.55. The van der Waals surface area contributed by atoms with Crippen molar-refractivity contribution in [1.29, 1.82) is 0 Å². The number of non-ortho nitro benzene ring substituents is 1. The van der Waals surface area contributed by atoms with Gasteiger partial charge in [-0.2, -0.15) is 0 Å². The van der Waals surface area contributed by atoms with Crippen LogP contribution in [0.25, 0.3) is 22.6 Å². The van der Waals surface area contributed by atoms with Crippen molar-refractivity contribution in [3.8, 4) is 11.4 Å². The molecule has 0 aliphatic heterocycles. The van der Waals surface area contributed by atoms with E-state index in [0.29, 0.717) is 22.6 Å². The summed E-state index contributed by atoms with van der Waals surface area (Å²) in [6.45, 7) is 0. The van der Waals surface area contributed by atoms with Crippen molar-refractivity contribution in [2.24, 2.45) is 0 Å². The van der Waals surface area contributed by atoms with E-state index in [1.165, 1.54) is 18.2 Å². The number of benzene rings is 1. The minimum Gasteiger partial charge on any atom is -0.336 e. The summed E-state index contributed by atoms with van der Waals surface area (Å²) >= 11 is 0. The second-order valence-corrected chi connectivity index (χ2v) is 3.91. The van der Waals surface area contributed by atoms with Crippen molar-refractivity contribution < 1.29 is 9.31 Å². The summed E-state index contributed by atoms with van der Waals surface area (Å²) in [5, 5.41) is 10.6. The van der Waals surface area contributed by atoms with E-state index in [1.54, 1.807) is 12.1 Å². The van der Waals surface area contributed by atoms with Gasteiger partial charge in [0.15, 0.2) is 5.65 Å². The van der Waals surface area contributed by atoms with E-state index in [4.69, 9.17) is 0 Å². The topological polar surface area (TPSA) is 84.7 Å². The van der Waals surface area contributed by atoms with Gasteiger partial charge in [-0.3, -0.25) is 10.1 Å². The highest BCUT2D eigenvalue weighted by Gasteiger charge is 2.09. The van der Waals surface area contributed by atoms with Crippen molar-refractivity contribution >= 4 is 16.9 Å². The SMILES string of the molecule is O=[N+]([O-])c1ccc(-c2nc3ncc(F)cc3[nH]2)cc1. The van der Waals surface area contributed by atoms with Crippen molar-refractivity contribution in [2.75, 3.05) is 0 Å². The minimum atomic E-state index is -0.473. The molecule has 2 heterocycles. The van der Waals surface area contributed by atoms with E-state index >= 15 is 0 Å². The second-order valence-electron chi connectivity index (χ2n) is 3.91. The Morgan fingerprint density at radius 2 is 2.00 bits per heavy atom. The standard InChI is InChI=1S/C12H7FN4O2/c13-8-5-10-12(14-6-8)16-11(15-10)7-1-3-9(4-2-7)17(18)19/h1-6H,(H,14,15,16). The Morgan fingerprint density at radius 3 is 2.68 bits per heavy atom. The van der Waals surface area contributed by atoms with Crippen molar-refractivity contribution in [2.45, 2.75) is 0 Å². The molecule has 3 rings (SSSR count). The lowest BCUT2D eigenvalue weighted by molar-refractivity contribution is -0.384. The zero-order valence-electron chi connectivity index (χ0n) is 9.50. The van der Waals surface area contributed by atoms with Crippen LogP contribution in [0, 0.1) is 15.9 Å². The summed E-state index contributed by atoms with van der Waals surface area (Å²) < 4.78 is 13.0. The summed E-state index contributed by atoms with van der Waals surface area (Å²) in [4.78, 5) is 21.0. The molecule has 0 spiro atoms. The smallest absolute Gasteiger partial charge is 0.269 e. The summed E-state index contributed by atoms with van der Waals surface area (Å²) in [5.74, 6) is 0.0365. The fourth-order valence-corrected chi connectivity index (χ4v) is 1.75. The molecule has 3 aromatic rings. The van der Waals surface area contributed by atoms with Gasteiger partial charge in [0.1, 0.15) is 11.6 Å². The summed E-state index contributed by atoms with van der Waals surface area (Å²) in [6.07, 6.45) is 1.09. The molecule has 94 valence electrons. The van der Waals surface area contributed by atoms with Gasteiger partial charge < -0.3 is 4.98 Å². The molecule has 0 atom stereocenters. The number of nitro groups is 1. The molecule has 0 saturated heterocycles. The first-order valence-corrected chi connectivity index (χ1v) is 5.39. The number of halogens is 1. The highest BCUT2D eigenvalue weighted by molar-refractivity contribution is 5.75. The maximum Gasteiger partial charge on any atom is 0.269 e. The lowest BCUT2D eigenvalue weighted by Gasteiger charge is -1.95. The maximum atomic E-state index is 13.0. The fraction of sp³-hybridized carbons (Fsp3) is 0. The number of hydrogen-bond acceptors (Lipinski definition) is 4. The Hall–Kier alpha value is -2.83. The zero-order chi connectivity index (χ0) is 13.4. The molecular formula is C12H7FN4O2. The number of hydrogen-bond donors (Lipinski definition) is 1. The molecule has 19 heavy (non-hydrogen) atoms. The van der Waals surface area contributed by atoms with Crippen LogP contribution < -0.4 is 0 Å². The third kappa shape index (κ3) is 2.01. The number of rotatable bonds is 2. The molecule has 0 fully saturated rings. The van der Waals surface area contributed by atoms with Gasteiger partial charge in [0, 0.05) is 23.8 Å². The lowest BCUT2D eigenvalue weighted by atomic mass is 10.2. The monoisotopic (exact) mass is 258 g/mol. The van der Waals surface area contributed by atoms with Crippen molar-refractivity contribution in [3.05, 3.63) is 52.5 Å². The Balaban J connectivity index is 2.06. The van der Waals surface area contributed by atoms with Crippen LogP contribution in [0.2, 0.25) is 0 Å². The van der Waals surface area contributed by atoms with Gasteiger partial charge in [0.05, 0.1) is 16.6 Å². The first-order valence-electron chi connectivity index (χ1n) is 5.39. The number of aromatic amines is 1. The number of nitrogens with zero attached hydrogens (tertiary/aromatic N) is 3. The molecule has 0 bridgehead atoms. The molecular weight excluding hydrogens is 251 g/mol. The zero-order valence-corrected chi connectivity index (χ0v) is 9.50. The van der Waals surface area contributed by atoms with E-state index in [-0.39, 0.29) is 5.69 Å². The number of aromatic nitrogens is 3. The molecule has 0 unspecified atom stereocenters. The Kier molecular flexibility index (Phi) is 2.45. The molecule has 0 aliphatic carbocycles. The predicted octanol–water partition coefficient (Wildman–Crippen LogP) is 2.67. The average molecular weight is 258 g/mol. The van der Waals surface area contributed by atoms with Crippen LogP contribution in [0.4, 0.5) is 10.1 Å². The highest BCUT2D eigenvalue weighted by Crippen LogP contribution is 2.22. The summed E-state index contributed by atoms with van der Waals surface area (Å²) in [7, 11) is 0. The molecule has 0 amide bonds. The van der Waals surface area contributed by atoms with Gasteiger partial charge in [-0.15, -0.1) is 0 Å². The average Bonchev–Trinajstić information content (AvgIpc) is 2.81. The Bertz CT molecular complexity index is 767. The highest BCUT2D eigenvalue weighted by atomic mass is 19.1. The van der Waals surface area contributed by atoms with Crippen LogP contribution in [0.5, 0.6) is 0 Å². The number of H-pyrrole nitrogens is 1. The van der Waals surface area contributed by atoms with Crippen LogP contribution in [0.3, 0.4) is 0 Å². The second kappa shape index (κ2) is 4.13. The predicted molar refractivity (Wildman–Crippen MR) is 65.9 cm³/mol. The lowest BCUT2D eigenvalue weighted by Crippen LogP contribution is -1.87. The number of imidazole rings is 1. The third-order valence-electron chi connectivity index (χ3n) is 2.66. The maximum absolute atomic E-state index is 13.0. The molecule has 0 radical (unpaired) electrons. The van der Waals surface area contributed by atoms with Crippen molar-refractivity contribution in [1.82, 2.24) is 15.0 Å². The van der Waals surface area contributed by atoms with Crippen LogP contribution in [-0.2, 0) is 0 Å². The molecule has 1 N–H and O–H groups in total. The van der Waals surface area contributed by atoms with Gasteiger partial charge >= 0.3 is 0 Å². The largest absolute Gasteiger partial charge is 0.336 e. The first-order chi connectivity index (χ1) is 9.13. The molecule has 7 heteroatoms. The van der Waals surface area contributed by atoms with Gasteiger partial charge in [-0.05, 0) is 12.1 Å². The molecule has 0 saturated carbocycles. The summed E-state index contributed by atoms with van der Waals surface area (Å²) in [6, 6.07) is 7.22. The van der Waals surface area contributed by atoms with Gasteiger partial charge in [0.2, 0.25) is 0 Å². The van der Waals surface area contributed by atoms with Crippen LogP contribution >= 0.6 is 0 Å². The third-order valence-corrected chi connectivity index (χ3v) is 2.66. The van der Waals surface area contributed by atoms with E-state index in [0.717, 1.165) is 6.20 Å². The molecule has 6 nitrogen and oxygen atoms in total. The van der Waals surface area contributed by atoms with E-state index < -0.39 is 10.7 Å². The Labute approximate surface area is 106 Å². The quantitative estimate of drug-likeness (QED) is 0.565. The van der Waals surface area contributed by atoms with Gasteiger partial charge in [-0.1, -0.05) is 0 Å². The minimum absolute atomic E-state index is 0.00373. The number of fused-ring (bicyclic) bond motifs is 1. The van der Waals surface area contributed by atoms with Crippen molar-refractivity contribution in [3.63, 3.8) is 0 Å². The van der Waals surface area contributed by atoms with E-state index in [9.17, 15) is 14.5 Å². The van der Waals surface area contributed by atoms with Crippen LogP contribution in [-0.4, -0.2) is 19.9 Å². The molecule has 2 aromatic heterocycles. The van der Waals surface area contributed by atoms with E-state index in [2.05, 4.69) is 15.0 Å². The van der Waals surface area contributed by atoms with Gasteiger partial charge in [0.25, 0.3) is 5.69 Å². The fourth-order valence-electron chi connectivity index (χ4n) is 1.75. The number of nitrogens with one attached hydrogen (secondary N) is 1. The van der Waals surface area contributed by atoms with Crippen LogP contribution in [0.1, 0.15) is 0 Å². The van der Waals surface area contributed by atoms with Crippen LogP contribution in [0.15, 0.2) is 36.5 Å². The normalized spacial score (nSPS) is 10.8. The van der Waals surface area contributed by atoms with Gasteiger partial charge in [-0.25, -0.2) is 14.4 Å². The molecule has 0 aliphatic rings. The number of pyridine rings is 1. The Morgan fingerprint density at radius 1 is 1.26 bits per heavy atom.